The molecule has 0 aliphatic rings. The monoisotopic (exact) mass is 329 g/mol. The highest BCUT2D eigenvalue weighted by atomic mass is 16.4. The number of carbonyl (C=O) groups excluding carboxylic acids is 1. The van der Waals surface area contributed by atoms with E-state index in [0.29, 0.717) is 18.7 Å². The largest absolute Gasteiger partial charge is 0.481 e. The van der Waals surface area contributed by atoms with Crippen LogP contribution in [-0.2, 0) is 11.3 Å². The molecule has 1 aromatic carbocycles. The second-order valence-corrected chi connectivity index (χ2v) is 6.19. The van der Waals surface area contributed by atoms with Crippen molar-refractivity contribution in [2.45, 2.75) is 26.8 Å². The Kier molecular flexibility index (Phi) is 6.12. The predicted molar refractivity (Wildman–Crippen MR) is 90.8 cm³/mol. The van der Waals surface area contributed by atoms with Crippen molar-refractivity contribution in [2.24, 2.45) is 5.92 Å². The van der Waals surface area contributed by atoms with Gasteiger partial charge in [-0.25, -0.2) is 0 Å². The first-order valence-electron chi connectivity index (χ1n) is 8.03. The first kappa shape index (κ1) is 17.7. The smallest absolute Gasteiger partial charge is 0.305 e. The number of hydrogen-bond donors (Lipinski definition) is 1. The van der Waals surface area contributed by atoms with E-state index in [9.17, 15) is 9.59 Å². The highest BCUT2D eigenvalue weighted by molar-refractivity contribution is 5.94. The molecule has 0 saturated heterocycles. The van der Waals surface area contributed by atoms with Gasteiger partial charge in [0.25, 0.3) is 5.91 Å². The summed E-state index contributed by atoms with van der Waals surface area (Å²) >= 11 is 0. The van der Waals surface area contributed by atoms with Gasteiger partial charge >= 0.3 is 5.97 Å². The van der Waals surface area contributed by atoms with Crippen LogP contribution in [0.1, 0.15) is 36.2 Å². The molecule has 1 amide bonds. The van der Waals surface area contributed by atoms with Crippen LogP contribution in [0.4, 0.5) is 0 Å². The lowest BCUT2D eigenvalue weighted by Crippen LogP contribution is -2.36. The summed E-state index contributed by atoms with van der Waals surface area (Å²) in [4.78, 5) is 25.0. The van der Waals surface area contributed by atoms with Crippen molar-refractivity contribution in [1.82, 2.24) is 14.7 Å². The Labute approximate surface area is 141 Å². The zero-order chi connectivity index (χ0) is 17.5. The number of carboxylic acids is 1. The quantitative estimate of drug-likeness (QED) is 0.807. The third-order valence-corrected chi connectivity index (χ3v) is 3.57. The number of amides is 1. The van der Waals surface area contributed by atoms with E-state index in [-0.39, 0.29) is 24.8 Å². The number of nitrogens with zero attached hydrogens (tertiary/aromatic N) is 3. The van der Waals surface area contributed by atoms with Crippen molar-refractivity contribution in [1.29, 1.82) is 0 Å². The molecule has 1 heterocycles. The van der Waals surface area contributed by atoms with Crippen molar-refractivity contribution in [3.8, 4) is 0 Å². The van der Waals surface area contributed by atoms with Gasteiger partial charge < -0.3 is 10.0 Å². The summed E-state index contributed by atoms with van der Waals surface area (Å²) in [5.41, 5.74) is 1.63. The summed E-state index contributed by atoms with van der Waals surface area (Å²) in [5.74, 6) is -0.747. The number of carboxylic acid groups (broad SMARTS) is 1. The van der Waals surface area contributed by atoms with E-state index in [1.165, 1.54) is 0 Å². The summed E-state index contributed by atoms with van der Waals surface area (Å²) in [5, 5.41) is 13.0. The molecule has 0 atom stereocenters. The van der Waals surface area contributed by atoms with Crippen molar-refractivity contribution >= 4 is 11.9 Å². The van der Waals surface area contributed by atoms with Gasteiger partial charge in [-0.15, -0.1) is 0 Å². The Bertz CT molecular complexity index is 663. The molecular weight excluding hydrogens is 306 g/mol. The Balaban J connectivity index is 2.06. The minimum absolute atomic E-state index is 0.0458. The van der Waals surface area contributed by atoms with Crippen LogP contribution < -0.4 is 0 Å². The molecule has 2 rings (SSSR count). The van der Waals surface area contributed by atoms with Crippen molar-refractivity contribution in [3.63, 3.8) is 0 Å². The van der Waals surface area contributed by atoms with Crippen molar-refractivity contribution in [2.75, 3.05) is 13.1 Å². The van der Waals surface area contributed by atoms with Gasteiger partial charge in [0.2, 0.25) is 0 Å². The topological polar surface area (TPSA) is 75.4 Å². The van der Waals surface area contributed by atoms with Crippen LogP contribution in [0.2, 0.25) is 0 Å². The molecule has 0 bridgehead atoms. The third-order valence-electron chi connectivity index (χ3n) is 3.57. The van der Waals surface area contributed by atoms with Gasteiger partial charge in [-0.3, -0.25) is 14.3 Å². The first-order valence-corrected chi connectivity index (χ1v) is 8.03. The SMILES string of the molecule is CC(C)CN(CCC(=O)O)C(=O)c1ccc(Cn2cccn2)cc1. The van der Waals surface area contributed by atoms with Gasteiger partial charge in [-0.05, 0) is 29.7 Å². The molecule has 1 aromatic heterocycles. The highest BCUT2D eigenvalue weighted by Crippen LogP contribution is 2.11. The first-order chi connectivity index (χ1) is 11.5. The average molecular weight is 329 g/mol. The van der Waals surface area contributed by atoms with E-state index in [2.05, 4.69) is 5.10 Å². The molecule has 0 aliphatic carbocycles. The summed E-state index contributed by atoms with van der Waals surface area (Å²) < 4.78 is 1.81. The van der Waals surface area contributed by atoms with Gasteiger partial charge in [0.1, 0.15) is 0 Å². The van der Waals surface area contributed by atoms with E-state index in [0.717, 1.165) is 5.56 Å². The Hall–Kier alpha value is -2.63. The molecular formula is C18H23N3O3. The zero-order valence-electron chi connectivity index (χ0n) is 14.1. The number of benzene rings is 1. The second-order valence-electron chi connectivity index (χ2n) is 6.19. The maximum Gasteiger partial charge on any atom is 0.305 e. The van der Waals surface area contributed by atoms with Gasteiger partial charge in [0.15, 0.2) is 0 Å². The number of carbonyl (C=O) groups is 2. The number of aliphatic carboxylic acids is 1. The molecule has 24 heavy (non-hydrogen) atoms. The maximum atomic E-state index is 12.6. The Morgan fingerprint density at radius 3 is 2.50 bits per heavy atom. The maximum absolute atomic E-state index is 12.6. The van der Waals surface area contributed by atoms with Gasteiger partial charge in [-0.1, -0.05) is 26.0 Å². The van der Waals surface area contributed by atoms with E-state index in [4.69, 9.17) is 5.11 Å². The minimum Gasteiger partial charge on any atom is -0.481 e. The van der Waals surface area contributed by atoms with Crippen LogP contribution in [0.25, 0.3) is 0 Å². The van der Waals surface area contributed by atoms with E-state index < -0.39 is 5.97 Å². The summed E-state index contributed by atoms with van der Waals surface area (Å²) in [6, 6.07) is 9.24. The van der Waals surface area contributed by atoms with Crippen LogP contribution in [0.5, 0.6) is 0 Å². The van der Waals surface area contributed by atoms with E-state index >= 15 is 0 Å². The molecule has 128 valence electrons. The highest BCUT2D eigenvalue weighted by Gasteiger charge is 2.17. The second kappa shape index (κ2) is 8.29. The third kappa shape index (κ3) is 5.22. The molecule has 0 saturated carbocycles. The summed E-state index contributed by atoms with van der Waals surface area (Å²) in [6.07, 6.45) is 3.56. The number of rotatable bonds is 8. The Morgan fingerprint density at radius 1 is 1.25 bits per heavy atom. The molecule has 0 fully saturated rings. The molecule has 0 unspecified atom stereocenters. The average Bonchev–Trinajstić information content (AvgIpc) is 3.04. The molecule has 0 aliphatic heterocycles. The standard InChI is InChI=1S/C18H23N3O3/c1-14(2)12-20(11-8-17(22)23)18(24)16-6-4-15(5-7-16)13-21-10-3-9-19-21/h3-7,9-10,14H,8,11-13H2,1-2H3,(H,22,23). The zero-order valence-corrected chi connectivity index (χ0v) is 14.1. The molecule has 2 aromatic rings. The molecule has 0 radical (unpaired) electrons. The van der Waals surface area contributed by atoms with Crippen LogP contribution in [0, 0.1) is 5.92 Å². The molecule has 0 spiro atoms. The van der Waals surface area contributed by atoms with E-state index in [1.807, 2.05) is 42.9 Å². The lowest BCUT2D eigenvalue weighted by atomic mass is 10.1. The Morgan fingerprint density at radius 2 is 1.96 bits per heavy atom. The normalized spacial score (nSPS) is 10.8. The van der Waals surface area contributed by atoms with E-state index in [1.54, 1.807) is 23.2 Å². The number of hydrogen-bond acceptors (Lipinski definition) is 3. The summed E-state index contributed by atoms with van der Waals surface area (Å²) in [7, 11) is 0. The minimum atomic E-state index is -0.897. The fourth-order valence-corrected chi connectivity index (χ4v) is 2.46. The fourth-order valence-electron chi connectivity index (χ4n) is 2.46. The van der Waals surface area contributed by atoms with Gasteiger partial charge in [0, 0.05) is 31.0 Å². The molecule has 1 N–H and O–H groups in total. The van der Waals surface area contributed by atoms with Crippen LogP contribution in [0.3, 0.4) is 0 Å². The van der Waals surface area contributed by atoms with Crippen molar-refractivity contribution in [3.05, 3.63) is 53.9 Å². The van der Waals surface area contributed by atoms with Gasteiger partial charge in [-0.2, -0.15) is 5.10 Å². The lowest BCUT2D eigenvalue weighted by molar-refractivity contribution is -0.137. The fraction of sp³-hybridized carbons (Fsp3) is 0.389. The molecule has 6 heteroatoms. The van der Waals surface area contributed by atoms with Gasteiger partial charge in [0.05, 0.1) is 13.0 Å². The predicted octanol–water partition coefficient (Wildman–Crippen LogP) is 2.50. The van der Waals surface area contributed by atoms with Crippen LogP contribution >= 0.6 is 0 Å². The number of aromatic nitrogens is 2. The van der Waals surface area contributed by atoms with Crippen molar-refractivity contribution < 1.29 is 14.7 Å². The van der Waals surface area contributed by atoms with Crippen LogP contribution in [0.15, 0.2) is 42.7 Å². The summed E-state index contributed by atoms with van der Waals surface area (Å²) in [6.45, 7) is 5.43. The molecule has 6 nitrogen and oxygen atoms in total. The van der Waals surface area contributed by atoms with Crippen LogP contribution in [-0.4, -0.2) is 44.8 Å². The lowest BCUT2D eigenvalue weighted by Gasteiger charge is -2.24.